The Labute approximate surface area is 96.5 Å². The van der Waals surface area contributed by atoms with Crippen LogP contribution in [0.25, 0.3) is 0 Å². The van der Waals surface area contributed by atoms with Gasteiger partial charge in [-0.3, -0.25) is 0 Å². The average Bonchev–Trinajstić information content (AvgIpc) is 2.74. The topological polar surface area (TPSA) is 44.5 Å². The molecule has 3 nitrogen and oxygen atoms in total. The summed E-state index contributed by atoms with van der Waals surface area (Å²) in [6, 6.07) is 7.94. The first kappa shape index (κ1) is 11.4. The lowest BCUT2D eigenvalue weighted by atomic mass is 9.88. The van der Waals surface area contributed by atoms with Crippen LogP contribution >= 0.6 is 0 Å². The standard InChI is InChI=1S/C13H19NO2/c1-9-10(7-8-16-9)13(14)11-5-3-4-6-12(11)15-2/h3-6,9-10,13H,7-8,14H2,1-2H3. The maximum absolute atomic E-state index is 6.31. The summed E-state index contributed by atoms with van der Waals surface area (Å²) in [5.41, 5.74) is 7.38. The molecule has 1 fully saturated rings. The maximum Gasteiger partial charge on any atom is 0.123 e. The molecule has 1 aliphatic rings. The van der Waals surface area contributed by atoms with Gasteiger partial charge >= 0.3 is 0 Å². The van der Waals surface area contributed by atoms with Crippen molar-refractivity contribution in [3.63, 3.8) is 0 Å². The molecule has 0 aromatic heterocycles. The maximum atomic E-state index is 6.31. The lowest BCUT2D eigenvalue weighted by Crippen LogP contribution is -2.26. The fourth-order valence-electron chi connectivity index (χ4n) is 2.39. The molecule has 2 N–H and O–H groups in total. The molecule has 0 saturated carbocycles. The summed E-state index contributed by atoms with van der Waals surface area (Å²) in [6.45, 7) is 2.90. The van der Waals surface area contributed by atoms with Crippen molar-refractivity contribution >= 4 is 0 Å². The number of rotatable bonds is 3. The number of ether oxygens (including phenoxy) is 2. The molecule has 1 aromatic rings. The predicted octanol–water partition coefficient (Wildman–Crippen LogP) is 2.12. The van der Waals surface area contributed by atoms with Crippen molar-refractivity contribution in [2.45, 2.75) is 25.5 Å². The van der Waals surface area contributed by atoms with Gasteiger partial charge in [0.25, 0.3) is 0 Å². The third kappa shape index (κ3) is 2.06. The summed E-state index contributed by atoms with van der Waals surface area (Å²) < 4.78 is 10.9. The van der Waals surface area contributed by atoms with E-state index in [1.165, 1.54) is 0 Å². The number of methoxy groups -OCH3 is 1. The van der Waals surface area contributed by atoms with Gasteiger partial charge in [0.2, 0.25) is 0 Å². The van der Waals surface area contributed by atoms with Crippen LogP contribution in [0.1, 0.15) is 24.9 Å². The van der Waals surface area contributed by atoms with Crippen molar-refractivity contribution < 1.29 is 9.47 Å². The number of para-hydroxylation sites is 1. The lowest BCUT2D eigenvalue weighted by Gasteiger charge is -2.23. The van der Waals surface area contributed by atoms with E-state index < -0.39 is 0 Å². The van der Waals surface area contributed by atoms with Crippen molar-refractivity contribution in [3.8, 4) is 5.75 Å². The molecule has 16 heavy (non-hydrogen) atoms. The SMILES string of the molecule is COc1ccccc1C(N)C1CCOC1C. The van der Waals surface area contributed by atoms with E-state index in [0.29, 0.717) is 5.92 Å². The summed E-state index contributed by atoms with van der Waals surface area (Å²) >= 11 is 0. The van der Waals surface area contributed by atoms with E-state index >= 15 is 0 Å². The highest BCUT2D eigenvalue weighted by atomic mass is 16.5. The van der Waals surface area contributed by atoms with Crippen molar-refractivity contribution in [2.75, 3.05) is 13.7 Å². The van der Waals surface area contributed by atoms with Crippen LogP contribution in [0.5, 0.6) is 5.75 Å². The van der Waals surface area contributed by atoms with Crippen LogP contribution in [0.15, 0.2) is 24.3 Å². The summed E-state index contributed by atoms with van der Waals surface area (Å²) in [5.74, 6) is 1.26. The van der Waals surface area contributed by atoms with Crippen LogP contribution in [0, 0.1) is 5.92 Å². The Hall–Kier alpha value is -1.06. The molecular weight excluding hydrogens is 202 g/mol. The molecule has 0 aliphatic carbocycles. The van der Waals surface area contributed by atoms with Gasteiger partial charge in [0, 0.05) is 24.1 Å². The highest BCUT2D eigenvalue weighted by molar-refractivity contribution is 5.36. The highest BCUT2D eigenvalue weighted by Crippen LogP contribution is 2.35. The summed E-state index contributed by atoms with van der Waals surface area (Å²) in [7, 11) is 1.68. The van der Waals surface area contributed by atoms with Gasteiger partial charge in [0.15, 0.2) is 0 Å². The fraction of sp³-hybridized carbons (Fsp3) is 0.538. The van der Waals surface area contributed by atoms with Crippen LogP contribution in [0.2, 0.25) is 0 Å². The van der Waals surface area contributed by atoms with Gasteiger partial charge in [-0.1, -0.05) is 18.2 Å². The smallest absolute Gasteiger partial charge is 0.123 e. The number of nitrogens with two attached hydrogens (primary N) is 1. The minimum Gasteiger partial charge on any atom is -0.496 e. The zero-order chi connectivity index (χ0) is 11.5. The largest absolute Gasteiger partial charge is 0.496 e. The molecule has 3 unspecified atom stereocenters. The van der Waals surface area contributed by atoms with E-state index in [0.717, 1.165) is 24.3 Å². The van der Waals surface area contributed by atoms with E-state index in [2.05, 4.69) is 6.92 Å². The van der Waals surface area contributed by atoms with Crippen LogP contribution < -0.4 is 10.5 Å². The van der Waals surface area contributed by atoms with E-state index in [4.69, 9.17) is 15.2 Å². The first-order chi connectivity index (χ1) is 7.74. The fourth-order valence-corrected chi connectivity index (χ4v) is 2.39. The molecule has 1 aliphatic heterocycles. The minimum absolute atomic E-state index is 0.00588. The molecule has 3 heteroatoms. The summed E-state index contributed by atoms with van der Waals surface area (Å²) in [6.07, 6.45) is 1.26. The monoisotopic (exact) mass is 221 g/mol. The number of hydrogen-bond donors (Lipinski definition) is 1. The molecule has 3 atom stereocenters. The Balaban J connectivity index is 2.22. The van der Waals surface area contributed by atoms with Gasteiger partial charge in [-0.05, 0) is 19.4 Å². The first-order valence-electron chi connectivity index (χ1n) is 5.74. The zero-order valence-corrected chi connectivity index (χ0v) is 9.85. The van der Waals surface area contributed by atoms with Crippen molar-refractivity contribution in [3.05, 3.63) is 29.8 Å². The minimum atomic E-state index is -0.00588. The first-order valence-corrected chi connectivity index (χ1v) is 5.74. The Bertz CT molecular complexity index is 354. The van der Waals surface area contributed by atoms with Gasteiger partial charge in [-0.15, -0.1) is 0 Å². The second-order valence-corrected chi connectivity index (χ2v) is 4.30. The van der Waals surface area contributed by atoms with E-state index in [1.807, 2.05) is 24.3 Å². The molecule has 1 aromatic carbocycles. The Morgan fingerprint density at radius 3 is 2.81 bits per heavy atom. The lowest BCUT2D eigenvalue weighted by molar-refractivity contribution is 0.0992. The Morgan fingerprint density at radius 2 is 2.19 bits per heavy atom. The zero-order valence-electron chi connectivity index (χ0n) is 9.85. The number of benzene rings is 1. The molecule has 2 rings (SSSR count). The third-order valence-corrected chi connectivity index (χ3v) is 3.39. The van der Waals surface area contributed by atoms with E-state index in [-0.39, 0.29) is 12.1 Å². The van der Waals surface area contributed by atoms with Gasteiger partial charge in [-0.25, -0.2) is 0 Å². The van der Waals surface area contributed by atoms with E-state index in [1.54, 1.807) is 7.11 Å². The summed E-state index contributed by atoms with van der Waals surface area (Å²) in [4.78, 5) is 0. The molecule has 88 valence electrons. The average molecular weight is 221 g/mol. The molecule has 1 heterocycles. The molecule has 0 amide bonds. The third-order valence-electron chi connectivity index (χ3n) is 3.39. The van der Waals surface area contributed by atoms with Crippen LogP contribution in [0.4, 0.5) is 0 Å². The van der Waals surface area contributed by atoms with E-state index in [9.17, 15) is 0 Å². The van der Waals surface area contributed by atoms with Crippen molar-refractivity contribution in [1.82, 2.24) is 0 Å². The Morgan fingerprint density at radius 1 is 1.44 bits per heavy atom. The van der Waals surface area contributed by atoms with Crippen LogP contribution in [-0.4, -0.2) is 19.8 Å². The van der Waals surface area contributed by atoms with Gasteiger partial charge in [0.1, 0.15) is 5.75 Å². The van der Waals surface area contributed by atoms with Crippen molar-refractivity contribution in [1.29, 1.82) is 0 Å². The van der Waals surface area contributed by atoms with Crippen LogP contribution in [-0.2, 0) is 4.74 Å². The molecule has 0 bridgehead atoms. The number of hydrogen-bond acceptors (Lipinski definition) is 3. The normalized spacial score (nSPS) is 26.7. The summed E-state index contributed by atoms with van der Waals surface area (Å²) in [5, 5.41) is 0. The predicted molar refractivity (Wildman–Crippen MR) is 63.4 cm³/mol. The molecule has 0 radical (unpaired) electrons. The van der Waals surface area contributed by atoms with Crippen molar-refractivity contribution in [2.24, 2.45) is 11.7 Å². The second-order valence-electron chi connectivity index (χ2n) is 4.30. The molecular formula is C13H19NO2. The quantitative estimate of drug-likeness (QED) is 0.850. The Kier molecular flexibility index (Phi) is 3.46. The van der Waals surface area contributed by atoms with Crippen LogP contribution in [0.3, 0.4) is 0 Å². The van der Waals surface area contributed by atoms with Gasteiger partial charge in [0.05, 0.1) is 13.2 Å². The second kappa shape index (κ2) is 4.85. The molecule has 1 saturated heterocycles. The van der Waals surface area contributed by atoms with Gasteiger partial charge in [-0.2, -0.15) is 0 Å². The highest BCUT2D eigenvalue weighted by Gasteiger charge is 2.31. The molecule has 0 spiro atoms. The van der Waals surface area contributed by atoms with Gasteiger partial charge < -0.3 is 15.2 Å².